The second kappa shape index (κ2) is 4.57. The van der Waals surface area contributed by atoms with Gasteiger partial charge in [0.05, 0.1) is 12.6 Å². The molecule has 0 amide bonds. The van der Waals surface area contributed by atoms with Crippen molar-refractivity contribution in [1.29, 1.82) is 0 Å². The minimum atomic E-state index is 0.611. The van der Waals surface area contributed by atoms with Gasteiger partial charge in [0.1, 0.15) is 5.75 Å². The van der Waals surface area contributed by atoms with Gasteiger partial charge in [0.2, 0.25) is 0 Å². The Labute approximate surface area is 114 Å². The lowest BCUT2D eigenvalue weighted by atomic mass is 9.85. The molecule has 19 heavy (non-hydrogen) atoms. The maximum absolute atomic E-state index is 5.36. The van der Waals surface area contributed by atoms with E-state index >= 15 is 0 Å². The van der Waals surface area contributed by atoms with Crippen molar-refractivity contribution >= 4 is 10.9 Å². The molecule has 1 aliphatic rings. The van der Waals surface area contributed by atoms with Crippen molar-refractivity contribution in [3.8, 4) is 5.75 Å². The SMILES string of the molecule is COc1cc(C)c2c(ccn2C2CCC2N(C)C)c1. The maximum Gasteiger partial charge on any atom is 0.119 e. The van der Waals surface area contributed by atoms with Crippen LogP contribution in [-0.4, -0.2) is 36.7 Å². The largest absolute Gasteiger partial charge is 0.497 e. The molecule has 0 aliphatic heterocycles. The van der Waals surface area contributed by atoms with Gasteiger partial charge >= 0.3 is 0 Å². The van der Waals surface area contributed by atoms with Crippen LogP contribution in [0.25, 0.3) is 10.9 Å². The van der Waals surface area contributed by atoms with E-state index in [1.807, 2.05) is 0 Å². The molecule has 0 spiro atoms. The first-order valence-electron chi connectivity index (χ1n) is 6.93. The smallest absolute Gasteiger partial charge is 0.119 e. The first kappa shape index (κ1) is 12.5. The topological polar surface area (TPSA) is 17.4 Å². The average Bonchev–Trinajstić information content (AvgIpc) is 2.71. The Balaban J connectivity index is 2.06. The highest BCUT2D eigenvalue weighted by molar-refractivity contribution is 5.85. The van der Waals surface area contributed by atoms with Gasteiger partial charge in [0.25, 0.3) is 0 Å². The second-order valence-corrected chi connectivity index (χ2v) is 5.78. The van der Waals surface area contributed by atoms with Gasteiger partial charge in [0, 0.05) is 23.7 Å². The molecule has 1 fully saturated rings. The first-order chi connectivity index (χ1) is 9.11. The number of hydrogen-bond donors (Lipinski definition) is 0. The summed E-state index contributed by atoms with van der Waals surface area (Å²) in [5.41, 5.74) is 2.65. The third-order valence-corrected chi connectivity index (χ3v) is 4.44. The van der Waals surface area contributed by atoms with Gasteiger partial charge in [-0.05, 0) is 57.6 Å². The summed E-state index contributed by atoms with van der Waals surface area (Å²) in [7, 11) is 6.09. The number of ether oxygens (including phenoxy) is 1. The summed E-state index contributed by atoms with van der Waals surface area (Å²) in [6, 6.07) is 7.73. The summed E-state index contributed by atoms with van der Waals surface area (Å²) in [4.78, 5) is 2.35. The van der Waals surface area contributed by atoms with E-state index in [0.29, 0.717) is 12.1 Å². The number of nitrogens with zero attached hydrogens (tertiary/aromatic N) is 2. The molecule has 0 bridgehead atoms. The Hall–Kier alpha value is -1.48. The number of aryl methyl sites for hydroxylation is 1. The molecule has 1 aromatic heterocycles. The third kappa shape index (κ3) is 1.93. The molecule has 0 saturated heterocycles. The summed E-state index contributed by atoms with van der Waals surface area (Å²) in [6.45, 7) is 2.17. The second-order valence-electron chi connectivity index (χ2n) is 5.78. The van der Waals surface area contributed by atoms with Crippen molar-refractivity contribution in [1.82, 2.24) is 9.47 Å². The van der Waals surface area contributed by atoms with Crippen LogP contribution in [0.5, 0.6) is 5.75 Å². The molecule has 2 atom stereocenters. The van der Waals surface area contributed by atoms with Crippen molar-refractivity contribution in [2.24, 2.45) is 0 Å². The molecule has 1 aliphatic carbocycles. The minimum absolute atomic E-state index is 0.611. The number of hydrogen-bond acceptors (Lipinski definition) is 2. The molecular formula is C16H22N2O. The predicted octanol–water partition coefficient (Wildman–Crippen LogP) is 3.22. The molecule has 1 saturated carbocycles. The Kier molecular flexibility index (Phi) is 3.02. The molecule has 3 heteroatoms. The van der Waals surface area contributed by atoms with Crippen LogP contribution in [0.15, 0.2) is 24.4 Å². The van der Waals surface area contributed by atoms with Crippen molar-refractivity contribution in [3.05, 3.63) is 30.0 Å². The van der Waals surface area contributed by atoms with Crippen molar-refractivity contribution < 1.29 is 4.74 Å². The van der Waals surface area contributed by atoms with E-state index in [1.54, 1.807) is 7.11 Å². The predicted molar refractivity (Wildman–Crippen MR) is 79.0 cm³/mol. The number of likely N-dealkylation sites (N-methyl/N-ethyl adjacent to an activating group) is 1. The molecule has 2 unspecified atom stereocenters. The molecule has 0 N–H and O–H groups in total. The fourth-order valence-corrected chi connectivity index (χ4v) is 3.27. The van der Waals surface area contributed by atoms with Crippen LogP contribution in [0.2, 0.25) is 0 Å². The molecule has 2 aromatic rings. The van der Waals surface area contributed by atoms with E-state index < -0.39 is 0 Å². The van der Waals surface area contributed by atoms with Crippen LogP contribution < -0.4 is 4.74 Å². The molecule has 3 rings (SSSR count). The third-order valence-electron chi connectivity index (χ3n) is 4.44. The van der Waals surface area contributed by atoms with Crippen molar-refractivity contribution in [2.75, 3.05) is 21.2 Å². The van der Waals surface area contributed by atoms with Gasteiger partial charge in [-0.3, -0.25) is 0 Å². The number of rotatable bonds is 3. The first-order valence-corrected chi connectivity index (χ1v) is 6.93. The minimum Gasteiger partial charge on any atom is -0.497 e. The van der Waals surface area contributed by atoms with E-state index in [0.717, 1.165) is 5.75 Å². The average molecular weight is 258 g/mol. The lowest BCUT2D eigenvalue weighted by Gasteiger charge is -2.42. The van der Waals surface area contributed by atoms with E-state index in [-0.39, 0.29) is 0 Å². The lowest BCUT2D eigenvalue weighted by molar-refractivity contribution is 0.116. The van der Waals surface area contributed by atoms with Gasteiger partial charge in [-0.25, -0.2) is 0 Å². The Morgan fingerprint density at radius 2 is 2.05 bits per heavy atom. The zero-order valence-corrected chi connectivity index (χ0v) is 12.2. The number of benzene rings is 1. The van der Waals surface area contributed by atoms with Crippen LogP contribution in [-0.2, 0) is 0 Å². The lowest BCUT2D eigenvalue weighted by Crippen LogP contribution is -2.44. The Morgan fingerprint density at radius 3 is 2.63 bits per heavy atom. The zero-order valence-electron chi connectivity index (χ0n) is 12.2. The quantitative estimate of drug-likeness (QED) is 0.841. The van der Waals surface area contributed by atoms with Gasteiger partial charge in [-0.15, -0.1) is 0 Å². The van der Waals surface area contributed by atoms with Crippen LogP contribution in [0, 0.1) is 6.92 Å². The van der Waals surface area contributed by atoms with Gasteiger partial charge in [0.15, 0.2) is 0 Å². The number of aromatic nitrogens is 1. The maximum atomic E-state index is 5.36. The standard InChI is InChI=1S/C16H22N2O/c1-11-9-13(19-4)10-12-7-8-18(16(11)12)15-6-5-14(15)17(2)3/h7-10,14-15H,5-6H2,1-4H3. The van der Waals surface area contributed by atoms with Gasteiger partial charge in [-0.2, -0.15) is 0 Å². The fraction of sp³-hybridized carbons (Fsp3) is 0.500. The van der Waals surface area contributed by atoms with Gasteiger partial charge < -0.3 is 14.2 Å². The highest BCUT2D eigenvalue weighted by atomic mass is 16.5. The molecule has 1 aromatic carbocycles. The van der Waals surface area contributed by atoms with E-state index in [9.17, 15) is 0 Å². The monoisotopic (exact) mass is 258 g/mol. The van der Waals surface area contributed by atoms with Crippen molar-refractivity contribution in [2.45, 2.75) is 31.8 Å². The highest BCUT2D eigenvalue weighted by Crippen LogP contribution is 2.39. The van der Waals surface area contributed by atoms with E-state index in [2.05, 4.69) is 54.9 Å². The Morgan fingerprint density at radius 1 is 1.26 bits per heavy atom. The van der Waals surface area contributed by atoms with E-state index in [1.165, 1.54) is 29.3 Å². The summed E-state index contributed by atoms with van der Waals surface area (Å²) in [5.74, 6) is 0.945. The normalized spacial score (nSPS) is 22.8. The summed E-state index contributed by atoms with van der Waals surface area (Å²) in [5, 5.41) is 1.28. The fourth-order valence-electron chi connectivity index (χ4n) is 3.27. The number of methoxy groups -OCH3 is 1. The molecule has 1 heterocycles. The molecular weight excluding hydrogens is 236 g/mol. The van der Waals surface area contributed by atoms with Crippen molar-refractivity contribution in [3.63, 3.8) is 0 Å². The summed E-state index contributed by atoms with van der Waals surface area (Å²) < 4.78 is 7.81. The number of fused-ring (bicyclic) bond motifs is 1. The summed E-state index contributed by atoms with van der Waals surface area (Å²) in [6.07, 6.45) is 4.81. The van der Waals surface area contributed by atoms with Crippen LogP contribution in [0.3, 0.4) is 0 Å². The van der Waals surface area contributed by atoms with E-state index in [4.69, 9.17) is 4.74 Å². The Bertz CT molecular complexity index is 600. The zero-order chi connectivity index (χ0) is 13.6. The van der Waals surface area contributed by atoms with Crippen LogP contribution >= 0.6 is 0 Å². The molecule has 3 nitrogen and oxygen atoms in total. The molecule has 0 radical (unpaired) electrons. The van der Waals surface area contributed by atoms with Crippen LogP contribution in [0.1, 0.15) is 24.4 Å². The van der Waals surface area contributed by atoms with Gasteiger partial charge in [-0.1, -0.05) is 0 Å². The van der Waals surface area contributed by atoms with Crippen LogP contribution in [0.4, 0.5) is 0 Å². The highest BCUT2D eigenvalue weighted by Gasteiger charge is 2.34. The summed E-state index contributed by atoms with van der Waals surface area (Å²) >= 11 is 0. The molecule has 102 valence electrons.